The van der Waals surface area contributed by atoms with Gasteiger partial charge in [-0.05, 0) is 26.0 Å². The topological polar surface area (TPSA) is 85.3 Å². The van der Waals surface area contributed by atoms with E-state index in [2.05, 4.69) is 4.74 Å². The summed E-state index contributed by atoms with van der Waals surface area (Å²) in [6.45, 7) is 3.47. The van der Waals surface area contributed by atoms with Crippen LogP contribution < -0.4 is 0 Å². The van der Waals surface area contributed by atoms with Gasteiger partial charge in [0.15, 0.2) is 0 Å². The molecule has 7 nitrogen and oxygen atoms in total. The van der Waals surface area contributed by atoms with Crippen molar-refractivity contribution in [3.63, 3.8) is 0 Å². The van der Waals surface area contributed by atoms with Gasteiger partial charge in [-0.1, -0.05) is 0 Å². The lowest BCUT2D eigenvalue weighted by molar-refractivity contribution is -0.263. The first-order valence-corrected chi connectivity index (χ1v) is 8.56. The van der Waals surface area contributed by atoms with E-state index < -0.39 is 35.2 Å². The molecule has 2 atom stereocenters. The molecule has 1 aliphatic heterocycles. The molecule has 10 heteroatoms. The van der Waals surface area contributed by atoms with Gasteiger partial charge in [-0.15, -0.1) is 0 Å². The van der Waals surface area contributed by atoms with E-state index in [1.165, 1.54) is 24.8 Å². The quantitative estimate of drug-likeness (QED) is 0.702. The maximum absolute atomic E-state index is 14.0. The van der Waals surface area contributed by atoms with Crippen molar-refractivity contribution in [1.82, 2.24) is 4.90 Å². The minimum atomic E-state index is -5.32. The zero-order chi connectivity index (χ0) is 20.2. The predicted octanol–water partition coefficient (Wildman–Crippen LogP) is 1.18. The van der Waals surface area contributed by atoms with Crippen LogP contribution in [0.25, 0.3) is 0 Å². The molecule has 27 heavy (non-hydrogen) atoms. The van der Waals surface area contributed by atoms with Gasteiger partial charge < -0.3 is 24.2 Å². The number of ether oxygens (including phenoxy) is 3. The Morgan fingerprint density at radius 3 is 2.33 bits per heavy atom. The summed E-state index contributed by atoms with van der Waals surface area (Å²) in [6.07, 6.45) is -3.25. The van der Waals surface area contributed by atoms with Gasteiger partial charge in [-0.3, -0.25) is 4.79 Å². The molecule has 0 bridgehead atoms. The molecule has 1 heterocycles. The fraction of sp³-hybridized carbons (Fsp3) is 0.647. The second-order valence-electron chi connectivity index (χ2n) is 5.94. The second kappa shape index (κ2) is 8.30. The van der Waals surface area contributed by atoms with Gasteiger partial charge in [-0.2, -0.15) is 13.2 Å². The van der Waals surface area contributed by atoms with E-state index in [1.807, 2.05) is 0 Å². The summed E-state index contributed by atoms with van der Waals surface area (Å²) < 4.78 is 56.6. The number of rotatable bonds is 5. The summed E-state index contributed by atoms with van der Waals surface area (Å²) >= 11 is 0. The molecule has 0 saturated carbocycles. The molecule has 0 radical (unpaired) electrons. The molecular weight excluding hydrogens is 371 g/mol. The van der Waals surface area contributed by atoms with Crippen LogP contribution in [0, 0.1) is 5.92 Å². The largest absolute Gasteiger partial charge is 0.465 e. The zero-order valence-corrected chi connectivity index (χ0v) is 15.0. The van der Waals surface area contributed by atoms with Gasteiger partial charge in [-0.25, -0.2) is 4.79 Å². The highest BCUT2D eigenvalue weighted by Crippen LogP contribution is 2.48. The van der Waals surface area contributed by atoms with Crippen LogP contribution in [0.4, 0.5) is 13.2 Å². The number of hydrogen-bond acceptors (Lipinski definition) is 7. The number of aliphatic hydroxyl groups is 1. The zero-order valence-electron chi connectivity index (χ0n) is 15.0. The highest BCUT2D eigenvalue weighted by Gasteiger charge is 2.67. The number of hydrogen-bond donors (Lipinski definition) is 1. The standard InChI is InChI=1S/C17H22F3NO6/c1-3-26-14(22)11-5-6-12(21-7-9-25-10-8-21)13(15(23)27-4-2)16(11,24)17(18,19)20/h5-6,13,24H,3-4,7-10H2,1-2H3/t13-,16-/m0/s1. The molecule has 1 aliphatic carbocycles. The van der Waals surface area contributed by atoms with Crippen LogP contribution in [0.15, 0.2) is 23.4 Å². The average Bonchev–Trinajstić information content (AvgIpc) is 2.61. The minimum Gasteiger partial charge on any atom is -0.465 e. The van der Waals surface area contributed by atoms with E-state index in [9.17, 15) is 27.9 Å². The van der Waals surface area contributed by atoms with Crippen molar-refractivity contribution in [1.29, 1.82) is 0 Å². The summed E-state index contributed by atoms with van der Waals surface area (Å²) in [7, 11) is 0. The molecule has 2 rings (SSSR count). The van der Waals surface area contributed by atoms with Crippen molar-refractivity contribution in [3.8, 4) is 0 Å². The highest BCUT2D eigenvalue weighted by atomic mass is 19.4. The first-order valence-electron chi connectivity index (χ1n) is 8.56. The Balaban J connectivity index is 2.61. The molecule has 0 unspecified atom stereocenters. The number of carbonyl (C=O) groups is 2. The fourth-order valence-electron chi connectivity index (χ4n) is 3.14. The van der Waals surface area contributed by atoms with Crippen LogP contribution in [0.3, 0.4) is 0 Å². The number of esters is 2. The van der Waals surface area contributed by atoms with Crippen LogP contribution >= 0.6 is 0 Å². The lowest BCUT2D eigenvalue weighted by Gasteiger charge is -2.44. The Morgan fingerprint density at radius 1 is 1.22 bits per heavy atom. The van der Waals surface area contributed by atoms with Crippen molar-refractivity contribution in [2.45, 2.75) is 25.6 Å². The van der Waals surface area contributed by atoms with Crippen LogP contribution in [0.1, 0.15) is 13.8 Å². The lowest BCUT2D eigenvalue weighted by Crippen LogP contribution is -2.60. The summed E-state index contributed by atoms with van der Waals surface area (Å²) in [4.78, 5) is 26.1. The van der Waals surface area contributed by atoms with Gasteiger partial charge in [0.25, 0.3) is 0 Å². The van der Waals surface area contributed by atoms with E-state index >= 15 is 0 Å². The predicted molar refractivity (Wildman–Crippen MR) is 86.3 cm³/mol. The van der Waals surface area contributed by atoms with E-state index in [0.717, 1.165) is 6.08 Å². The van der Waals surface area contributed by atoms with Gasteiger partial charge in [0.1, 0.15) is 5.92 Å². The minimum absolute atomic E-state index is 0.0791. The molecule has 2 aliphatic rings. The maximum atomic E-state index is 14.0. The van der Waals surface area contributed by atoms with Gasteiger partial charge in [0.05, 0.1) is 32.0 Å². The summed E-state index contributed by atoms with van der Waals surface area (Å²) in [6, 6.07) is 0. The van der Waals surface area contributed by atoms with Gasteiger partial charge in [0.2, 0.25) is 5.60 Å². The van der Waals surface area contributed by atoms with Crippen molar-refractivity contribution in [3.05, 3.63) is 23.4 Å². The molecule has 152 valence electrons. The van der Waals surface area contributed by atoms with Crippen LogP contribution in [0.2, 0.25) is 0 Å². The van der Waals surface area contributed by atoms with Crippen molar-refractivity contribution >= 4 is 11.9 Å². The number of carbonyl (C=O) groups excluding carboxylic acids is 2. The number of nitrogens with zero attached hydrogens (tertiary/aromatic N) is 1. The fourth-order valence-corrected chi connectivity index (χ4v) is 3.14. The Bertz CT molecular complexity index is 639. The van der Waals surface area contributed by atoms with Gasteiger partial charge in [0, 0.05) is 18.8 Å². The number of alkyl halides is 3. The molecule has 0 aromatic rings. The third-order valence-electron chi connectivity index (χ3n) is 4.37. The molecule has 1 fully saturated rings. The first kappa shape index (κ1) is 21.2. The number of allylic oxidation sites excluding steroid dienone is 2. The van der Waals surface area contributed by atoms with Crippen LogP contribution in [0.5, 0.6) is 0 Å². The molecule has 0 aromatic carbocycles. The number of morpholine rings is 1. The van der Waals surface area contributed by atoms with Crippen LogP contribution in [-0.2, 0) is 23.8 Å². The second-order valence-corrected chi connectivity index (χ2v) is 5.94. The van der Waals surface area contributed by atoms with E-state index in [1.54, 1.807) is 0 Å². The first-order chi connectivity index (χ1) is 12.7. The van der Waals surface area contributed by atoms with Crippen molar-refractivity contribution in [2.75, 3.05) is 39.5 Å². The smallest absolute Gasteiger partial charge is 0.423 e. The molecule has 0 amide bonds. The Hall–Kier alpha value is -2.07. The Morgan fingerprint density at radius 2 is 1.81 bits per heavy atom. The molecular formula is C17H22F3NO6. The van der Waals surface area contributed by atoms with Crippen molar-refractivity contribution in [2.24, 2.45) is 5.92 Å². The van der Waals surface area contributed by atoms with E-state index in [4.69, 9.17) is 9.47 Å². The monoisotopic (exact) mass is 393 g/mol. The van der Waals surface area contributed by atoms with E-state index in [-0.39, 0.29) is 45.2 Å². The molecule has 0 aromatic heterocycles. The highest BCUT2D eigenvalue weighted by molar-refractivity contribution is 5.94. The van der Waals surface area contributed by atoms with E-state index in [0.29, 0.717) is 0 Å². The summed E-state index contributed by atoms with van der Waals surface area (Å²) in [5.41, 5.74) is -4.90. The molecule has 1 saturated heterocycles. The normalized spacial score (nSPS) is 26.1. The Labute approximate surface area is 154 Å². The summed E-state index contributed by atoms with van der Waals surface area (Å²) in [5.74, 6) is -4.77. The lowest BCUT2D eigenvalue weighted by atomic mass is 9.74. The third-order valence-corrected chi connectivity index (χ3v) is 4.37. The number of halogens is 3. The Kier molecular flexibility index (Phi) is 6.53. The third kappa shape index (κ3) is 3.96. The molecule has 1 N–H and O–H groups in total. The average molecular weight is 393 g/mol. The molecule has 0 spiro atoms. The van der Waals surface area contributed by atoms with Gasteiger partial charge >= 0.3 is 18.1 Å². The maximum Gasteiger partial charge on any atom is 0.423 e. The summed E-state index contributed by atoms with van der Waals surface area (Å²) in [5, 5.41) is 10.7. The van der Waals surface area contributed by atoms with Crippen LogP contribution in [-0.4, -0.2) is 73.2 Å². The van der Waals surface area contributed by atoms with Crippen molar-refractivity contribution < 1.29 is 42.1 Å². The SMILES string of the molecule is CCOC(=O)C1=CC=C(N2CCOCC2)[C@@H](C(=O)OCC)[C@]1(O)C(F)(F)F.